The van der Waals surface area contributed by atoms with Crippen LogP contribution >= 0.6 is 0 Å². The number of amides is 1. The summed E-state index contributed by atoms with van der Waals surface area (Å²) in [5.74, 6) is -0.279. The number of hydrogen-bond donors (Lipinski definition) is 2. The highest BCUT2D eigenvalue weighted by molar-refractivity contribution is 5.75. The van der Waals surface area contributed by atoms with Gasteiger partial charge in [-0.1, -0.05) is 20.8 Å². The summed E-state index contributed by atoms with van der Waals surface area (Å²) in [6.07, 6.45) is -0.888. The molecule has 0 aliphatic rings. The van der Waals surface area contributed by atoms with Crippen LogP contribution in [0.15, 0.2) is 18.5 Å². The number of nitrogens with one attached hydrogen (secondary N) is 2. The molecule has 4 nitrogen and oxygen atoms in total. The molecule has 0 saturated carbocycles. The predicted octanol–water partition coefficient (Wildman–Crippen LogP) is 2.47. The molecule has 1 amide bonds. The van der Waals surface area contributed by atoms with E-state index in [4.69, 9.17) is 0 Å². The fourth-order valence-corrected chi connectivity index (χ4v) is 2.12. The zero-order valence-electron chi connectivity index (χ0n) is 12.5. The molecule has 120 valence electrons. The average molecular weight is 305 g/mol. The minimum Gasteiger partial charge on any atom is -0.345 e. The van der Waals surface area contributed by atoms with Crippen LogP contribution in [0.3, 0.4) is 0 Å². The molecule has 0 bridgehead atoms. The summed E-state index contributed by atoms with van der Waals surface area (Å²) in [5, 5.41) is 5.20. The zero-order valence-corrected chi connectivity index (χ0v) is 12.5. The maximum atomic E-state index is 12.0. The average Bonchev–Trinajstić information content (AvgIpc) is 2.80. The normalized spacial score (nSPS) is 13.5. The largest absolute Gasteiger partial charge is 0.405 e. The van der Waals surface area contributed by atoms with Crippen molar-refractivity contribution in [3.8, 4) is 0 Å². The van der Waals surface area contributed by atoms with Crippen LogP contribution in [-0.4, -0.2) is 29.7 Å². The van der Waals surface area contributed by atoms with Crippen LogP contribution in [0.5, 0.6) is 0 Å². The molecule has 0 aliphatic heterocycles. The van der Waals surface area contributed by atoms with Crippen molar-refractivity contribution in [3.05, 3.63) is 24.0 Å². The van der Waals surface area contributed by atoms with Crippen LogP contribution in [0.2, 0.25) is 0 Å². The highest BCUT2D eigenvalue weighted by atomic mass is 19.4. The third kappa shape index (κ3) is 6.20. The second-order valence-electron chi connectivity index (χ2n) is 5.29. The van der Waals surface area contributed by atoms with Gasteiger partial charge in [0.05, 0.1) is 0 Å². The first-order chi connectivity index (χ1) is 9.73. The van der Waals surface area contributed by atoms with Crippen molar-refractivity contribution < 1.29 is 18.0 Å². The summed E-state index contributed by atoms with van der Waals surface area (Å²) in [6, 6.07) is 2.04. The number of nitrogens with zero attached hydrogens (tertiary/aromatic N) is 1. The van der Waals surface area contributed by atoms with Crippen molar-refractivity contribution in [1.82, 2.24) is 15.2 Å². The second-order valence-corrected chi connectivity index (χ2v) is 5.29. The summed E-state index contributed by atoms with van der Waals surface area (Å²) in [4.78, 5) is 11.5. The smallest absolute Gasteiger partial charge is 0.345 e. The molecule has 0 aromatic carbocycles. The highest BCUT2D eigenvalue weighted by Crippen LogP contribution is 2.21. The van der Waals surface area contributed by atoms with Gasteiger partial charge >= 0.3 is 6.18 Å². The Morgan fingerprint density at radius 3 is 2.57 bits per heavy atom. The van der Waals surface area contributed by atoms with Gasteiger partial charge in [0.25, 0.3) is 0 Å². The lowest BCUT2D eigenvalue weighted by Gasteiger charge is -2.20. The van der Waals surface area contributed by atoms with Gasteiger partial charge in [0.15, 0.2) is 0 Å². The van der Waals surface area contributed by atoms with E-state index in [1.807, 2.05) is 18.3 Å². The molecule has 1 rings (SSSR count). The molecule has 1 atom stereocenters. The highest BCUT2D eigenvalue weighted by Gasteiger charge is 2.27. The minimum absolute atomic E-state index is 0.118. The Morgan fingerprint density at radius 1 is 1.38 bits per heavy atom. The summed E-state index contributed by atoms with van der Waals surface area (Å²) in [5.41, 5.74) is 1.02. The Balaban J connectivity index is 2.60. The van der Waals surface area contributed by atoms with Crippen molar-refractivity contribution in [2.24, 2.45) is 5.92 Å². The van der Waals surface area contributed by atoms with Gasteiger partial charge in [0.1, 0.15) is 13.1 Å². The summed E-state index contributed by atoms with van der Waals surface area (Å²) in [7, 11) is 0. The maximum Gasteiger partial charge on any atom is 0.405 e. The SMILES string of the molecule is CCNC(c1ccn(CC(=O)NCC(F)(F)F)c1)C(C)C. The molecule has 1 unspecified atom stereocenters. The lowest BCUT2D eigenvalue weighted by Crippen LogP contribution is -2.35. The van der Waals surface area contributed by atoms with E-state index in [1.54, 1.807) is 17.0 Å². The van der Waals surface area contributed by atoms with Crippen molar-refractivity contribution >= 4 is 5.91 Å². The van der Waals surface area contributed by atoms with Crippen LogP contribution in [-0.2, 0) is 11.3 Å². The fourth-order valence-electron chi connectivity index (χ4n) is 2.12. The molecule has 0 saturated heterocycles. The van der Waals surface area contributed by atoms with E-state index in [0.717, 1.165) is 12.1 Å². The number of rotatable bonds is 7. The molecule has 0 spiro atoms. The molecule has 1 aromatic heterocycles. The van der Waals surface area contributed by atoms with E-state index in [-0.39, 0.29) is 12.6 Å². The third-order valence-electron chi connectivity index (χ3n) is 3.04. The lowest BCUT2D eigenvalue weighted by atomic mass is 9.98. The second kappa shape index (κ2) is 7.49. The summed E-state index contributed by atoms with van der Waals surface area (Å²) in [6.45, 7) is 5.58. The number of carbonyl (C=O) groups is 1. The summed E-state index contributed by atoms with van der Waals surface area (Å²) < 4.78 is 37.6. The number of hydrogen-bond acceptors (Lipinski definition) is 2. The van der Waals surface area contributed by atoms with E-state index >= 15 is 0 Å². The Bertz CT molecular complexity index is 455. The molecule has 1 aromatic rings. The van der Waals surface area contributed by atoms with Crippen LogP contribution in [0, 0.1) is 5.92 Å². The van der Waals surface area contributed by atoms with Crippen molar-refractivity contribution in [2.45, 2.75) is 39.5 Å². The standard InChI is InChI=1S/C14H22F3N3O/c1-4-18-13(10(2)3)11-5-6-20(7-11)8-12(21)19-9-14(15,16)17/h5-7,10,13,18H,4,8-9H2,1-3H3,(H,19,21). The van der Waals surface area contributed by atoms with E-state index < -0.39 is 18.6 Å². The number of alkyl halides is 3. The number of aromatic nitrogens is 1. The molecule has 7 heteroatoms. The first-order valence-electron chi connectivity index (χ1n) is 6.95. The van der Waals surface area contributed by atoms with Crippen LogP contribution < -0.4 is 10.6 Å². The lowest BCUT2D eigenvalue weighted by molar-refractivity contribution is -0.138. The van der Waals surface area contributed by atoms with Crippen LogP contribution in [0.1, 0.15) is 32.4 Å². The molecule has 0 radical (unpaired) electrons. The Hall–Kier alpha value is -1.50. The zero-order chi connectivity index (χ0) is 16.0. The van der Waals surface area contributed by atoms with E-state index in [0.29, 0.717) is 5.92 Å². The quantitative estimate of drug-likeness (QED) is 0.813. The third-order valence-corrected chi connectivity index (χ3v) is 3.04. The summed E-state index contributed by atoms with van der Waals surface area (Å²) >= 11 is 0. The van der Waals surface area contributed by atoms with E-state index in [9.17, 15) is 18.0 Å². The molecule has 0 fully saturated rings. The van der Waals surface area contributed by atoms with Crippen molar-refractivity contribution in [3.63, 3.8) is 0 Å². The number of halogens is 3. The monoisotopic (exact) mass is 305 g/mol. The van der Waals surface area contributed by atoms with Gasteiger partial charge in [-0.3, -0.25) is 4.79 Å². The van der Waals surface area contributed by atoms with E-state index in [1.165, 1.54) is 0 Å². The molecule has 2 N–H and O–H groups in total. The van der Waals surface area contributed by atoms with Crippen molar-refractivity contribution in [1.29, 1.82) is 0 Å². The van der Waals surface area contributed by atoms with Gasteiger partial charge in [-0.2, -0.15) is 13.2 Å². The van der Waals surface area contributed by atoms with Gasteiger partial charge in [0.2, 0.25) is 5.91 Å². The van der Waals surface area contributed by atoms with Gasteiger partial charge in [-0.15, -0.1) is 0 Å². The molecular weight excluding hydrogens is 283 g/mol. The number of carbonyl (C=O) groups excluding carboxylic acids is 1. The Morgan fingerprint density at radius 2 is 2.05 bits per heavy atom. The fraction of sp³-hybridized carbons (Fsp3) is 0.643. The Labute approximate surface area is 122 Å². The molecule has 0 aliphatic carbocycles. The molecule has 21 heavy (non-hydrogen) atoms. The predicted molar refractivity (Wildman–Crippen MR) is 74.8 cm³/mol. The van der Waals surface area contributed by atoms with Gasteiger partial charge < -0.3 is 15.2 Å². The van der Waals surface area contributed by atoms with Gasteiger partial charge in [-0.25, -0.2) is 0 Å². The first-order valence-corrected chi connectivity index (χ1v) is 6.95. The van der Waals surface area contributed by atoms with E-state index in [2.05, 4.69) is 19.2 Å². The first kappa shape index (κ1) is 17.6. The van der Waals surface area contributed by atoms with Crippen molar-refractivity contribution in [2.75, 3.05) is 13.1 Å². The maximum absolute atomic E-state index is 12.0. The van der Waals surface area contributed by atoms with Crippen LogP contribution in [0.4, 0.5) is 13.2 Å². The van der Waals surface area contributed by atoms with Crippen LogP contribution in [0.25, 0.3) is 0 Å². The Kier molecular flexibility index (Phi) is 6.26. The minimum atomic E-state index is -4.38. The topological polar surface area (TPSA) is 46.1 Å². The molecular formula is C14H22F3N3O. The van der Waals surface area contributed by atoms with Gasteiger partial charge in [0, 0.05) is 18.4 Å². The van der Waals surface area contributed by atoms with Gasteiger partial charge in [-0.05, 0) is 24.1 Å². The molecule has 1 heterocycles.